The minimum atomic E-state index is -2.24. The van der Waals surface area contributed by atoms with Crippen LogP contribution in [0.3, 0.4) is 0 Å². The Bertz CT molecular complexity index is 435. The van der Waals surface area contributed by atoms with E-state index in [1.807, 2.05) is 0 Å². The fraction of sp³-hybridized carbons (Fsp3) is 0.222. The number of nitrogens with one attached hydrogen (secondary N) is 1. The molecule has 1 aromatic carbocycles. The van der Waals surface area contributed by atoms with Gasteiger partial charge in [0.05, 0.1) is 5.92 Å². The summed E-state index contributed by atoms with van der Waals surface area (Å²) < 4.78 is 21.4. The van der Waals surface area contributed by atoms with Gasteiger partial charge < -0.3 is 9.87 Å². The second kappa shape index (κ2) is 4.76. The fourth-order valence-electron chi connectivity index (χ4n) is 1.50. The van der Waals surface area contributed by atoms with Crippen molar-refractivity contribution in [1.29, 1.82) is 0 Å². The first-order valence-electron chi connectivity index (χ1n) is 4.13. The number of hydrogen-bond acceptors (Lipinski definition) is 3. The molecule has 74 valence electrons. The molecule has 6 heteroatoms. The van der Waals surface area contributed by atoms with Crippen LogP contribution in [0.2, 0.25) is 0 Å². The predicted octanol–water partition coefficient (Wildman–Crippen LogP) is -2.02. The van der Waals surface area contributed by atoms with Gasteiger partial charge in [-0.25, -0.2) is 0 Å². The number of carbonyl (C=O) groups is 1. The summed E-state index contributed by atoms with van der Waals surface area (Å²) in [5.74, 6) is -0.359. The third-order valence-electron chi connectivity index (χ3n) is 2.33. The molecule has 1 N–H and O–H groups in total. The molecule has 4 nitrogen and oxygen atoms in total. The molecule has 2 rings (SSSR count). The summed E-state index contributed by atoms with van der Waals surface area (Å²) in [5.41, 5.74) is 1.45. The van der Waals surface area contributed by atoms with Crippen LogP contribution in [-0.2, 0) is 15.9 Å². The molecule has 0 saturated heterocycles. The molecule has 0 aliphatic carbocycles. The van der Waals surface area contributed by atoms with Crippen molar-refractivity contribution in [3.05, 3.63) is 23.8 Å². The van der Waals surface area contributed by atoms with Gasteiger partial charge >= 0.3 is 29.6 Å². The molecular weight excluding hydrogens is 225 g/mol. The van der Waals surface area contributed by atoms with Crippen LogP contribution >= 0.6 is 0 Å². The van der Waals surface area contributed by atoms with Crippen LogP contribution in [0.1, 0.15) is 18.4 Å². The van der Waals surface area contributed by atoms with Crippen molar-refractivity contribution < 1.29 is 43.1 Å². The van der Waals surface area contributed by atoms with Crippen molar-refractivity contribution in [2.45, 2.75) is 17.7 Å². The number of amides is 1. The molecule has 0 aromatic heterocycles. The van der Waals surface area contributed by atoms with Crippen LogP contribution in [-0.4, -0.2) is 14.7 Å². The standard InChI is InChI=1S/C9H9NO3S.Na/c1-5-7-4-6(14(12)13)2-3-8(7)10-9(5)11;/h2-5H,1H3,(H,10,11)(H,12,13);/q;+1/p-1. The zero-order valence-electron chi connectivity index (χ0n) is 8.44. The third kappa shape index (κ3) is 2.32. The van der Waals surface area contributed by atoms with E-state index in [0.717, 1.165) is 5.56 Å². The Kier molecular flexibility index (Phi) is 4.08. The quantitative estimate of drug-likeness (QED) is 0.450. The summed E-state index contributed by atoms with van der Waals surface area (Å²) in [6.45, 7) is 1.75. The van der Waals surface area contributed by atoms with E-state index in [1.165, 1.54) is 12.1 Å². The van der Waals surface area contributed by atoms with Gasteiger partial charge in [0.1, 0.15) is 0 Å². The molecule has 2 atom stereocenters. The van der Waals surface area contributed by atoms with Crippen molar-refractivity contribution in [2.24, 2.45) is 0 Å². The second-order valence-electron chi connectivity index (χ2n) is 3.19. The minimum Gasteiger partial charge on any atom is -0.768 e. The van der Waals surface area contributed by atoms with Crippen LogP contribution in [0, 0.1) is 0 Å². The summed E-state index contributed by atoms with van der Waals surface area (Å²) in [5, 5.41) is 2.67. The summed E-state index contributed by atoms with van der Waals surface area (Å²) in [7, 11) is 0. The Balaban J connectivity index is 0.00000112. The fourth-order valence-corrected chi connectivity index (χ4v) is 1.90. The van der Waals surface area contributed by atoms with E-state index in [9.17, 15) is 13.6 Å². The number of fused-ring (bicyclic) bond motifs is 1. The van der Waals surface area contributed by atoms with Gasteiger partial charge in [-0.1, -0.05) is 0 Å². The molecule has 2 unspecified atom stereocenters. The average molecular weight is 233 g/mol. The van der Waals surface area contributed by atoms with Gasteiger partial charge in [-0.3, -0.25) is 9.00 Å². The zero-order chi connectivity index (χ0) is 10.3. The Hall–Kier alpha value is -0.200. The zero-order valence-corrected chi connectivity index (χ0v) is 11.3. The van der Waals surface area contributed by atoms with Gasteiger partial charge in [0, 0.05) is 10.6 Å². The van der Waals surface area contributed by atoms with Gasteiger partial charge in [0.2, 0.25) is 5.91 Å². The van der Waals surface area contributed by atoms with E-state index < -0.39 is 11.1 Å². The number of rotatable bonds is 1. The number of hydrogen-bond donors (Lipinski definition) is 1. The molecule has 0 bridgehead atoms. The Morgan fingerprint density at radius 2 is 2.13 bits per heavy atom. The molecule has 0 fully saturated rings. The van der Waals surface area contributed by atoms with Crippen LogP contribution in [0.4, 0.5) is 5.69 Å². The van der Waals surface area contributed by atoms with Crippen molar-refractivity contribution >= 4 is 22.7 Å². The molecule has 0 saturated carbocycles. The maximum Gasteiger partial charge on any atom is 1.00 e. The van der Waals surface area contributed by atoms with Gasteiger partial charge in [0.15, 0.2) is 0 Å². The molecule has 1 aliphatic heterocycles. The molecule has 0 radical (unpaired) electrons. The van der Waals surface area contributed by atoms with Crippen molar-refractivity contribution in [2.75, 3.05) is 5.32 Å². The van der Waals surface area contributed by atoms with Gasteiger partial charge in [-0.2, -0.15) is 0 Å². The summed E-state index contributed by atoms with van der Waals surface area (Å²) in [6, 6.07) is 4.61. The largest absolute Gasteiger partial charge is 1.00 e. The normalized spacial score (nSPS) is 20.1. The van der Waals surface area contributed by atoms with Crippen LogP contribution < -0.4 is 34.9 Å². The van der Waals surface area contributed by atoms with E-state index >= 15 is 0 Å². The second-order valence-corrected chi connectivity index (χ2v) is 4.14. The third-order valence-corrected chi connectivity index (χ3v) is 2.97. The van der Waals surface area contributed by atoms with Gasteiger partial charge in [0.25, 0.3) is 0 Å². The smallest absolute Gasteiger partial charge is 0.768 e. The van der Waals surface area contributed by atoms with Crippen molar-refractivity contribution in [1.82, 2.24) is 0 Å². The first kappa shape index (κ1) is 12.9. The maximum atomic E-state index is 11.2. The van der Waals surface area contributed by atoms with Gasteiger partial charge in [-0.15, -0.1) is 0 Å². The van der Waals surface area contributed by atoms with E-state index in [0.29, 0.717) is 5.69 Å². The van der Waals surface area contributed by atoms with Crippen LogP contribution in [0.5, 0.6) is 0 Å². The number of anilines is 1. The molecule has 1 heterocycles. The topological polar surface area (TPSA) is 69.2 Å². The predicted molar refractivity (Wildman–Crippen MR) is 50.7 cm³/mol. The Labute approximate surface area is 112 Å². The Morgan fingerprint density at radius 3 is 2.73 bits per heavy atom. The van der Waals surface area contributed by atoms with E-state index in [4.69, 9.17) is 0 Å². The van der Waals surface area contributed by atoms with E-state index in [1.54, 1.807) is 13.0 Å². The van der Waals surface area contributed by atoms with Crippen LogP contribution in [0.15, 0.2) is 23.1 Å². The molecule has 1 aromatic rings. The summed E-state index contributed by atoms with van der Waals surface area (Å²) >= 11 is -2.24. The monoisotopic (exact) mass is 233 g/mol. The number of benzene rings is 1. The molecule has 1 aliphatic rings. The molecule has 0 spiro atoms. The minimum absolute atomic E-state index is 0. The van der Waals surface area contributed by atoms with Gasteiger partial charge in [-0.05, 0) is 41.8 Å². The maximum absolute atomic E-state index is 11.2. The SMILES string of the molecule is CC1C(=O)Nc2ccc(S(=O)[O-])cc21.[Na+]. The average Bonchev–Trinajstić information content (AvgIpc) is 2.43. The molecular formula is C9H8NNaO3S. The Morgan fingerprint density at radius 1 is 1.47 bits per heavy atom. The van der Waals surface area contributed by atoms with Crippen molar-refractivity contribution in [3.63, 3.8) is 0 Å². The molecule has 1 amide bonds. The van der Waals surface area contributed by atoms with E-state index in [2.05, 4.69) is 5.32 Å². The first-order valence-corrected chi connectivity index (χ1v) is 5.21. The first-order chi connectivity index (χ1) is 6.59. The summed E-state index contributed by atoms with van der Waals surface area (Å²) in [6.07, 6.45) is 0. The summed E-state index contributed by atoms with van der Waals surface area (Å²) in [4.78, 5) is 11.5. The van der Waals surface area contributed by atoms with E-state index in [-0.39, 0.29) is 46.3 Å². The molecule has 15 heavy (non-hydrogen) atoms. The van der Waals surface area contributed by atoms with Crippen LogP contribution in [0.25, 0.3) is 0 Å². The van der Waals surface area contributed by atoms with Crippen molar-refractivity contribution in [3.8, 4) is 0 Å². The number of carbonyl (C=O) groups excluding carboxylic acids is 1.